The van der Waals surface area contributed by atoms with Crippen molar-refractivity contribution in [3.63, 3.8) is 0 Å². The quantitative estimate of drug-likeness (QED) is 0.636. The first-order valence-corrected chi connectivity index (χ1v) is 9.76. The fourth-order valence-corrected chi connectivity index (χ4v) is 3.73. The van der Waals surface area contributed by atoms with Crippen LogP contribution in [0.3, 0.4) is 0 Å². The van der Waals surface area contributed by atoms with E-state index in [1.165, 1.54) is 0 Å². The van der Waals surface area contributed by atoms with E-state index in [2.05, 4.69) is 21.0 Å². The van der Waals surface area contributed by atoms with E-state index in [0.717, 1.165) is 15.9 Å². The normalized spacial score (nSPS) is 13.3. The number of aromatic nitrogens is 2. The van der Waals surface area contributed by atoms with Crippen LogP contribution in [0.5, 0.6) is 0 Å². The number of amides is 1. The Morgan fingerprint density at radius 2 is 1.75 bits per heavy atom. The molecule has 28 heavy (non-hydrogen) atoms. The summed E-state index contributed by atoms with van der Waals surface area (Å²) in [4.78, 5) is 26.2. The van der Waals surface area contributed by atoms with Gasteiger partial charge in [0.25, 0.3) is 5.91 Å². The zero-order valence-corrected chi connectivity index (χ0v) is 16.9. The van der Waals surface area contributed by atoms with Crippen LogP contribution >= 0.6 is 27.5 Å². The van der Waals surface area contributed by atoms with Crippen LogP contribution in [-0.2, 0) is 13.0 Å². The first-order valence-electron chi connectivity index (χ1n) is 8.59. The van der Waals surface area contributed by atoms with Crippen LogP contribution in [0, 0.1) is 0 Å². The first kappa shape index (κ1) is 18.7. The van der Waals surface area contributed by atoms with E-state index in [-0.39, 0.29) is 18.1 Å². The van der Waals surface area contributed by atoms with E-state index in [0.29, 0.717) is 29.1 Å². The molecule has 1 aromatic heterocycles. The Morgan fingerprint density at radius 1 is 1.07 bits per heavy atom. The van der Waals surface area contributed by atoms with Crippen LogP contribution in [0.1, 0.15) is 32.1 Å². The lowest BCUT2D eigenvalue weighted by Crippen LogP contribution is -2.36. The number of rotatable bonds is 3. The van der Waals surface area contributed by atoms with Crippen LogP contribution in [0.15, 0.2) is 53.0 Å². The number of nitrogens with zero attached hydrogens (tertiary/aromatic N) is 3. The summed E-state index contributed by atoms with van der Waals surface area (Å²) in [5.74, 6) is -1.26. The van der Waals surface area contributed by atoms with Crippen LogP contribution in [0.2, 0.25) is 5.02 Å². The van der Waals surface area contributed by atoms with E-state index in [1.807, 2.05) is 24.3 Å². The second-order valence-corrected chi connectivity index (χ2v) is 7.80. The number of carbonyl (C=O) groups is 2. The Hall–Kier alpha value is -2.64. The largest absolute Gasteiger partial charge is 0.476 e. The minimum atomic E-state index is -1.10. The number of benzene rings is 2. The van der Waals surface area contributed by atoms with Crippen LogP contribution in [-0.4, -0.2) is 38.2 Å². The Kier molecular flexibility index (Phi) is 4.95. The Morgan fingerprint density at radius 3 is 2.39 bits per heavy atom. The number of carboxylic acid groups (broad SMARTS) is 1. The van der Waals surface area contributed by atoms with Crippen molar-refractivity contribution < 1.29 is 14.7 Å². The Bertz CT molecular complexity index is 1060. The number of halogens is 2. The zero-order valence-electron chi connectivity index (χ0n) is 14.6. The minimum Gasteiger partial charge on any atom is -0.476 e. The van der Waals surface area contributed by atoms with E-state index in [4.69, 9.17) is 11.6 Å². The van der Waals surface area contributed by atoms with Gasteiger partial charge in [0.1, 0.15) is 0 Å². The molecule has 6 nitrogen and oxygen atoms in total. The molecule has 4 rings (SSSR count). The number of hydrogen-bond acceptors (Lipinski definition) is 3. The maximum Gasteiger partial charge on any atom is 0.356 e. The average Bonchev–Trinajstić information content (AvgIpc) is 3.08. The molecule has 142 valence electrons. The van der Waals surface area contributed by atoms with E-state index >= 15 is 0 Å². The molecule has 2 aromatic carbocycles. The third-order valence-corrected chi connectivity index (χ3v) is 5.49. The summed E-state index contributed by atoms with van der Waals surface area (Å²) in [6, 6.07) is 14.2. The maximum atomic E-state index is 12.8. The van der Waals surface area contributed by atoms with Crippen molar-refractivity contribution >= 4 is 39.4 Å². The summed E-state index contributed by atoms with van der Waals surface area (Å²) in [6.45, 7) is 0.685. The zero-order chi connectivity index (χ0) is 19.8. The van der Waals surface area contributed by atoms with Crippen LogP contribution in [0.25, 0.3) is 5.69 Å². The number of carboxylic acids is 1. The van der Waals surface area contributed by atoms with Gasteiger partial charge in [-0.1, -0.05) is 27.5 Å². The van der Waals surface area contributed by atoms with Crippen molar-refractivity contribution in [2.45, 2.75) is 13.0 Å². The molecule has 1 amide bonds. The highest BCUT2D eigenvalue weighted by atomic mass is 79.9. The molecule has 0 bridgehead atoms. The first-order chi connectivity index (χ1) is 13.4. The molecular formula is C20H15BrClN3O3. The fraction of sp³-hybridized carbons (Fsp3) is 0.150. The number of fused-ring (bicyclic) bond motifs is 1. The van der Waals surface area contributed by atoms with Crippen molar-refractivity contribution in [2.24, 2.45) is 0 Å². The lowest BCUT2D eigenvalue weighted by atomic mass is 10.0. The molecule has 2 heterocycles. The van der Waals surface area contributed by atoms with Crippen molar-refractivity contribution in [1.29, 1.82) is 0 Å². The molecule has 0 saturated carbocycles. The summed E-state index contributed by atoms with van der Waals surface area (Å²) in [6.07, 6.45) is 0.519. The number of hydrogen-bond donors (Lipinski definition) is 1. The lowest BCUT2D eigenvalue weighted by Gasteiger charge is -2.28. The van der Waals surface area contributed by atoms with E-state index < -0.39 is 5.97 Å². The highest BCUT2D eigenvalue weighted by Crippen LogP contribution is 2.27. The molecule has 0 fully saturated rings. The monoisotopic (exact) mass is 459 g/mol. The SMILES string of the molecule is O=C(O)c1nn(-c2ccc(Br)cc2)c2c1CN(C(=O)c1ccc(Cl)cc1)CC2. The smallest absolute Gasteiger partial charge is 0.356 e. The predicted molar refractivity (Wildman–Crippen MR) is 108 cm³/mol. The van der Waals surface area contributed by atoms with Gasteiger partial charge in [-0.15, -0.1) is 0 Å². The molecule has 8 heteroatoms. The highest BCUT2D eigenvalue weighted by molar-refractivity contribution is 9.10. The van der Waals surface area contributed by atoms with Crippen molar-refractivity contribution in [3.05, 3.63) is 80.5 Å². The van der Waals surface area contributed by atoms with Gasteiger partial charge < -0.3 is 10.0 Å². The van der Waals surface area contributed by atoms with E-state index in [1.54, 1.807) is 33.8 Å². The van der Waals surface area contributed by atoms with E-state index in [9.17, 15) is 14.7 Å². The second-order valence-electron chi connectivity index (χ2n) is 6.45. The van der Waals surface area contributed by atoms with Crippen molar-refractivity contribution in [1.82, 2.24) is 14.7 Å². The highest BCUT2D eigenvalue weighted by Gasteiger charge is 2.30. The topological polar surface area (TPSA) is 75.4 Å². The fourth-order valence-electron chi connectivity index (χ4n) is 3.34. The molecule has 0 atom stereocenters. The molecule has 1 aliphatic rings. The summed E-state index contributed by atoms with van der Waals surface area (Å²) in [5, 5.41) is 14.5. The molecule has 0 radical (unpaired) electrons. The summed E-state index contributed by atoms with van der Waals surface area (Å²) in [5.41, 5.74) is 2.67. The standard InChI is InChI=1S/C20H15BrClN3O3/c21-13-3-7-15(8-4-13)25-17-9-10-24(11-16(17)18(23-25)20(27)28)19(26)12-1-5-14(22)6-2-12/h1-8H,9-11H2,(H,27,28). The molecule has 0 spiro atoms. The molecule has 0 saturated heterocycles. The minimum absolute atomic E-state index is 0.0217. The van der Waals surface area contributed by atoms with Gasteiger partial charge in [-0.2, -0.15) is 5.10 Å². The third kappa shape index (κ3) is 3.43. The molecule has 0 unspecified atom stereocenters. The molecule has 1 N–H and O–H groups in total. The van der Waals surface area contributed by atoms with Gasteiger partial charge in [0, 0.05) is 33.6 Å². The number of aromatic carboxylic acids is 1. The predicted octanol–water partition coefficient (Wildman–Crippen LogP) is 4.18. The van der Waals surface area contributed by atoms with Gasteiger partial charge in [0.2, 0.25) is 0 Å². The van der Waals surface area contributed by atoms with Crippen LogP contribution in [0.4, 0.5) is 0 Å². The van der Waals surface area contributed by atoms with Crippen molar-refractivity contribution in [3.8, 4) is 5.69 Å². The average molecular weight is 461 g/mol. The lowest BCUT2D eigenvalue weighted by molar-refractivity contribution is 0.0674. The second kappa shape index (κ2) is 7.41. The van der Waals surface area contributed by atoms with Gasteiger partial charge in [0.15, 0.2) is 5.69 Å². The van der Waals surface area contributed by atoms with Gasteiger partial charge in [0.05, 0.1) is 17.9 Å². The molecule has 3 aromatic rings. The molecule has 1 aliphatic heterocycles. The molecular weight excluding hydrogens is 446 g/mol. The molecule has 0 aliphatic carbocycles. The van der Waals surface area contributed by atoms with Gasteiger partial charge >= 0.3 is 5.97 Å². The van der Waals surface area contributed by atoms with Crippen LogP contribution < -0.4 is 0 Å². The van der Waals surface area contributed by atoms with Crippen molar-refractivity contribution in [2.75, 3.05) is 6.54 Å². The summed E-state index contributed by atoms with van der Waals surface area (Å²) < 4.78 is 2.59. The third-order valence-electron chi connectivity index (χ3n) is 4.71. The number of carbonyl (C=O) groups excluding carboxylic acids is 1. The summed E-state index contributed by atoms with van der Waals surface area (Å²) >= 11 is 9.29. The van der Waals surface area contributed by atoms with Gasteiger partial charge in [-0.05, 0) is 48.5 Å². The Balaban J connectivity index is 1.69. The van der Waals surface area contributed by atoms with Gasteiger partial charge in [-0.3, -0.25) is 4.79 Å². The maximum absolute atomic E-state index is 12.8. The van der Waals surface area contributed by atoms with Gasteiger partial charge in [-0.25, -0.2) is 9.48 Å². The Labute approximate surface area is 174 Å². The summed E-state index contributed by atoms with van der Waals surface area (Å²) in [7, 11) is 0.